The number of pyridine rings is 1. The molecule has 0 saturated carbocycles. The number of aromatic nitrogens is 1. The lowest BCUT2D eigenvalue weighted by atomic mass is 10.1. The third-order valence-corrected chi connectivity index (χ3v) is 3.76. The third-order valence-electron chi connectivity index (χ3n) is 3.76. The number of nitrogens with one attached hydrogen (secondary N) is 1. The number of rotatable bonds is 6. The van der Waals surface area contributed by atoms with Gasteiger partial charge in [0.15, 0.2) is 0 Å². The third kappa shape index (κ3) is 3.46. The first kappa shape index (κ1) is 16.2. The van der Waals surface area contributed by atoms with Crippen LogP contribution in [0.3, 0.4) is 0 Å². The summed E-state index contributed by atoms with van der Waals surface area (Å²) in [7, 11) is 0. The van der Waals surface area contributed by atoms with Gasteiger partial charge >= 0.3 is 0 Å². The Bertz CT molecular complexity index is 852. The van der Waals surface area contributed by atoms with Crippen molar-refractivity contribution in [3.63, 3.8) is 0 Å². The monoisotopic (exact) mass is 326 g/mol. The quantitative estimate of drug-likeness (QED) is 0.722. The maximum absolute atomic E-state index is 13.8. The molecular formula is C19H19FN2O2. The molecule has 0 saturated heterocycles. The van der Waals surface area contributed by atoms with Crippen LogP contribution in [0.5, 0.6) is 5.75 Å². The molecule has 2 aromatic carbocycles. The predicted molar refractivity (Wildman–Crippen MR) is 92.6 cm³/mol. The highest BCUT2D eigenvalue weighted by Crippen LogP contribution is 2.24. The number of hydrogen-bond acceptors (Lipinski definition) is 4. The molecule has 0 radical (unpaired) electrons. The second-order valence-corrected chi connectivity index (χ2v) is 5.41. The van der Waals surface area contributed by atoms with Crippen molar-refractivity contribution in [3.8, 4) is 5.75 Å². The fourth-order valence-corrected chi connectivity index (χ4v) is 2.67. The smallest absolute Gasteiger partial charge is 0.124 e. The van der Waals surface area contributed by atoms with Gasteiger partial charge in [-0.2, -0.15) is 0 Å². The van der Waals surface area contributed by atoms with Crippen molar-refractivity contribution in [1.29, 1.82) is 0 Å². The van der Waals surface area contributed by atoms with E-state index in [9.17, 15) is 9.50 Å². The molecule has 0 aliphatic rings. The average molecular weight is 326 g/mol. The van der Waals surface area contributed by atoms with Crippen LogP contribution in [0.15, 0.2) is 48.7 Å². The Morgan fingerprint density at radius 3 is 2.83 bits per heavy atom. The predicted octanol–water partition coefficient (Wildman–Crippen LogP) is 3.88. The lowest BCUT2D eigenvalue weighted by Crippen LogP contribution is -2.03. The van der Waals surface area contributed by atoms with Crippen LogP contribution in [-0.2, 0) is 13.2 Å². The van der Waals surface area contributed by atoms with Gasteiger partial charge in [-0.05, 0) is 43.3 Å². The van der Waals surface area contributed by atoms with Crippen molar-refractivity contribution >= 4 is 16.6 Å². The maximum Gasteiger partial charge on any atom is 0.124 e. The number of aliphatic hydroxyl groups excluding tert-OH is 1. The highest BCUT2D eigenvalue weighted by Gasteiger charge is 2.07. The first-order valence-corrected chi connectivity index (χ1v) is 7.85. The zero-order valence-electron chi connectivity index (χ0n) is 13.4. The number of fused-ring (bicyclic) bond motifs is 1. The van der Waals surface area contributed by atoms with Crippen molar-refractivity contribution in [2.45, 2.75) is 20.1 Å². The van der Waals surface area contributed by atoms with Crippen LogP contribution in [0.1, 0.15) is 18.1 Å². The molecule has 5 heteroatoms. The first-order valence-electron chi connectivity index (χ1n) is 7.85. The van der Waals surface area contributed by atoms with E-state index in [1.165, 1.54) is 12.1 Å². The molecule has 4 nitrogen and oxygen atoms in total. The van der Waals surface area contributed by atoms with Gasteiger partial charge < -0.3 is 15.2 Å². The molecule has 0 aliphatic carbocycles. The zero-order valence-corrected chi connectivity index (χ0v) is 13.4. The molecule has 3 aromatic rings. The normalized spacial score (nSPS) is 10.8. The lowest BCUT2D eigenvalue weighted by molar-refractivity contribution is 0.267. The van der Waals surface area contributed by atoms with Crippen molar-refractivity contribution in [3.05, 3.63) is 65.6 Å². The summed E-state index contributed by atoms with van der Waals surface area (Å²) in [6.07, 6.45) is 1.70. The number of ether oxygens (including phenoxy) is 1. The Kier molecular flexibility index (Phi) is 4.91. The van der Waals surface area contributed by atoms with E-state index in [1.54, 1.807) is 12.3 Å². The van der Waals surface area contributed by atoms with Gasteiger partial charge in [0, 0.05) is 34.9 Å². The van der Waals surface area contributed by atoms with E-state index in [2.05, 4.69) is 10.3 Å². The van der Waals surface area contributed by atoms with E-state index in [0.29, 0.717) is 24.5 Å². The Balaban J connectivity index is 1.83. The summed E-state index contributed by atoms with van der Waals surface area (Å²) in [6.45, 7) is 2.77. The van der Waals surface area contributed by atoms with Gasteiger partial charge in [-0.1, -0.05) is 6.07 Å². The summed E-state index contributed by atoms with van der Waals surface area (Å²) in [5.41, 5.74) is 3.10. The van der Waals surface area contributed by atoms with Gasteiger partial charge in [0.2, 0.25) is 0 Å². The first-order chi connectivity index (χ1) is 11.7. The van der Waals surface area contributed by atoms with Gasteiger partial charge in [0.25, 0.3) is 0 Å². The maximum atomic E-state index is 13.8. The summed E-state index contributed by atoms with van der Waals surface area (Å²) in [6, 6.07) is 12.1. The van der Waals surface area contributed by atoms with E-state index < -0.39 is 0 Å². The molecule has 2 N–H and O–H groups in total. The molecule has 1 heterocycles. The summed E-state index contributed by atoms with van der Waals surface area (Å²) < 4.78 is 19.2. The molecule has 0 aliphatic heterocycles. The van der Waals surface area contributed by atoms with E-state index in [4.69, 9.17) is 4.74 Å². The Labute approximate surface area is 139 Å². The van der Waals surface area contributed by atoms with E-state index in [1.807, 2.05) is 31.2 Å². The molecule has 0 unspecified atom stereocenters. The van der Waals surface area contributed by atoms with Gasteiger partial charge in [-0.15, -0.1) is 0 Å². The largest absolute Gasteiger partial charge is 0.494 e. The Morgan fingerprint density at radius 1 is 1.17 bits per heavy atom. The van der Waals surface area contributed by atoms with Crippen LogP contribution < -0.4 is 10.1 Å². The number of benzene rings is 2. The number of aliphatic hydroxyl groups is 1. The SMILES string of the molecule is CCOc1ccc(NCc2cc(F)cc3cccnc23)cc1CO. The minimum atomic E-state index is -0.282. The van der Waals surface area contributed by atoms with Gasteiger partial charge in [0.05, 0.1) is 18.7 Å². The summed E-state index contributed by atoms with van der Waals surface area (Å²) in [5, 5.41) is 13.5. The average Bonchev–Trinajstić information content (AvgIpc) is 2.60. The molecule has 1 aromatic heterocycles. The molecule has 0 fully saturated rings. The molecule has 124 valence electrons. The van der Waals surface area contributed by atoms with Crippen LogP contribution in [0.2, 0.25) is 0 Å². The van der Waals surface area contributed by atoms with Crippen molar-refractivity contribution in [1.82, 2.24) is 4.98 Å². The zero-order chi connectivity index (χ0) is 16.9. The minimum absolute atomic E-state index is 0.102. The fraction of sp³-hybridized carbons (Fsp3) is 0.211. The van der Waals surface area contributed by atoms with Crippen molar-refractivity contribution in [2.75, 3.05) is 11.9 Å². The summed E-state index contributed by atoms with van der Waals surface area (Å²) >= 11 is 0. The van der Waals surface area contributed by atoms with Crippen LogP contribution >= 0.6 is 0 Å². The minimum Gasteiger partial charge on any atom is -0.494 e. The van der Waals surface area contributed by atoms with Gasteiger partial charge in [0.1, 0.15) is 11.6 Å². The fourth-order valence-electron chi connectivity index (χ4n) is 2.67. The second kappa shape index (κ2) is 7.27. The second-order valence-electron chi connectivity index (χ2n) is 5.41. The molecular weight excluding hydrogens is 307 g/mol. The van der Waals surface area contributed by atoms with E-state index in [-0.39, 0.29) is 12.4 Å². The van der Waals surface area contributed by atoms with Crippen LogP contribution in [-0.4, -0.2) is 16.7 Å². The van der Waals surface area contributed by atoms with E-state index in [0.717, 1.165) is 22.2 Å². The molecule has 0 atom stereocenters. The Hall–Kier alpha value is -2.66. The molecule has 0 bridgehead atoms. The standard InChI is InChI=1S/C19H19FN2O2/c1-2-24-18-6-5-17(10-15(18)12-23)22-11-14-9-16(20)8-13-4-3-7-21-19(13)14/h3-10,22-23H,2,11-12H2,1H3. The highest BCUT2D eigenvalue weighted by molar-refractivity contribution is 5.82. The lowest BCUT2D eigenvalue weighted by Gasteiger charge is -2.13. The van der Waals surface area contributed by atoms with Crippen LogP contribution in [0.25, 0.3) is 10.9 Å². The van der Waals surface area contributed by atoms with Crippen LogP contribution in [0, 0.1) is 5.82 Å². The molecule has 24 heavy (non-hydrogen) atoms. The summed E-state index contributed by atoms with van der Waals surface area (Å²) in [4.78, 5) is 4.34. The number of halogens is 1. The molecule has 0 spiro atoms. The molecule has 3 rings (SSSR count). The molecule has 0 amide bonds. The van der Waals surface area contributed by atoms with E-state index >= 15 is 0 Å². The van der Waals surface area contributed by atoms with Gasteiger partial charge in [-0.3, -0.25) is 4.98 Å². The number of anilines is 1. The van der Waals surface area contributed by atoms with Crippen molar-refractivity contribution in [2.24, 2.45) is 0 Å². The Morgan fingerprint density at radius 2 is 2.04 bits per heavy atom. The summed E-state index contributed by atoms with van der Waals surface area (Å²) in [5.74, 6) is 0.387. The highest BCUT2D eigenvalue weighted by atomic mass is 19.1. The number of hydrogen-bond donors (Lipinski definition) is 2. The number of nitrogens with zero attached hydrogens (tertiary/aromatic N) is 1. The van der Waals surface area contributed by atoms with Crippen LogP contribution in [0.4, 0.5) is 10.1 Å². The topological polar surface area (TPSA) is 54.4 Å². The van der Waals surface area contributed by atoms with Crippen molar-refractivity contribution < 1.29 is 14.2 Å². The van der Waals surface area contributed by atoms with Gasteiger partial charge in [-0.25, -0.2) is 4.39 Å².